The first-order valence-electron chi connectivity index (χ1n) is 8.73. The lowest BCUT2D eigenvalue weighted by atomic mass is 9.67. The van der Waals surface area contributed by atoms with E-state index in [1.165, 1.54) is 32.1 Å². The number of aromatic nitrogens is 4. The van der Waals surface area contributed by atoms with Gasteiger partial charge in [0.05, 0.1) is 0 Å². The van der Waals surface area contributed by atoms with Crippen molar-refractivity contribution < 1.29 is 4.79 Å². The van der Waals surface area contributed by atoms with Crippen LogP contribution in [0.25, 0.3) is 0 Å². The molecule has 1 unspecified atom stereocenters. The lowest BCUT2D eigenvalue weighted by Crippen LogP contribution is -2.34. The molecule has 24 heavy (non-hydrogen) atoms. The van der Waals surface area contributed by atoms with E-state index in [0.29, 0.717) is 0 Å². The van der Waals surface area contributed by atoms with E-state index in [2.05, 4.69) is 15.2 Å². The molecule has 1 spiro atoms. The Morgan fingerprint density at radius 1 is 1.21 bits per heavy atom. The van der Waals surface area contributed by atoms with Gasteiger partial charge in [-0.3, -0.25) is 9.78 Å². The number of aryl methyl sites for hydroxylation is 1. The number of amides is 1. The van der Waals surface area contributed by atoms with E-state index in [-0.39, 0.29) is 17.2 Å². The molecule has 2 fully saturated rings. The van der Waals surface area contributed by atoms with Gasteiger partial charge in [0.1, 0.15) is 12.2 Å². The van der Waals surface area contributed by atoms with Crippen LogP contribution in [0.3, 0.4) is 0 Å². The minimum Gasteiger partial charge on any atom is -0.337 e. The third-order valence-electron chi connectivity index (χ3n) is 5.77. The maximum absolute atomic E-state index is 12.9. The van der Waals surface area contributed by atoms with Gasteiger partial charge in [0.25, 0.3) is 5.91 Å². The molecular weight excluding hydrogens is 302 g/mol. The first kappa shape index (κ1) is 15.3. The molecule has 6 nitrogen and oxygen atoms in total. The number of pyridine rings is 1. The van der Waals surface area contributed by atoms with Gasteiger partial charge in [0.15, 0.2) is 0 Å². The molecule has 1 saturated heterocycles. The van der Waals surface area contributed by atoms with E-state index >= 15 is 0 Å². The van der Waals surface area contributed by atoms with Crippen LogP contribution < -0.4 is 0 Å². The van der Waals surface area contributed by atoms with E-state index in [0.717, 1.165) is 24.5 Å². The van der Waals surface area contributed by atoms with Crippen molar-refractivity contribution in [3.05, 3.63) is 42.2 Å². The van der Waals surface area contributed by atoms with Crippen LogP contribution in [0.5, 0.6) is 0 Å². The summed E-state index contributed by atoms with van der Waals surface area (Å²) in [6, 6.07) is 3.59. The Bertz CT molecular complexity index is 720. The third kappa shape index (κ3) is 2.50. The molecule has 1 aliphatic heterocycles. The zero-order valence-corrected chi connectivity index (χ0v) is 14.1. The third-order valence-corrected chi connectivity index (χ3v) is 5.77. The smallest absolute Gasteiger partial charge is 0.254 e. The van der Waals surface area contributed by atoms with Crippen LogP contribution in [-0.4, -0.2) is 43.6 Å². The zero-order valence-electron chi connectivity index (χ0n) is 14.1. The quantitative estimate of drug-likeness (QED) is 0.850. The van der Waals surface area contributed by atoms with Gasteiger partial charge in [0, 0.05) is 44.0 Å². The van der Waals surface area contributed by atoms with Crippen LogP contribution in [0.4, 0.5) is 0 Å². The molecule has 2 aromatic heterocycles. The summed E-state index contributed by atoms with van der Waals surface area (Å²) >= 11 is 0. The van der Waals surface area contributed by atoms with Crippen molar-refractivity contribution in [1.82, 2.24) is 24.6 Å². The topological polar surface area (TPSA) is 63.9 Å². The van der Waals surface area contributed by atoms with Crippen LogP contribution in [-0.2, 0) is 7.05 Å². The first-order chi connectivity index (χ1) is 11.7. The summed E-state index contributed by atoms with van der Waals surface area (Å²) in [5, 5.41) is 8.45. The molecule has 0 aromatic carbocycles. The van der Waals surface area contributed by atoms with Crippen molar-refractivity contribution in [3.8, 4) is 0 Å². The second-order valence-corrected chi connectivity index (χ2v) is 7.20. The number of hydrogen-bond donors (Lipinski definition) is 0. The fourth-order valence-corrected chi connectivity index (χ4v) is 4.53. The summed E-state index contributed by atoms with van der Waals surface area (Å²) in [5.74, 6) is 1.39. The van der Waals surface area contributed by atoms with Gasteiger partial charge in [-0.05, 0) is 30.4 Å². The molecule has 1 atom stereocenters. The van der Waals surface area contributed by atoms with Crippen molar-refractivity contribution in [1.29, 1.82) is 0 Å². The Balaban J connectivity index is 1.66. The Morgan fingerprint density at radius 2 is 1.96 bits per heavy atom. The van der Waals surface area contributed by atoms with Gasteiger partial charge in [-0.15, -0.1) is 10.2 Å². The fraction of sp³-hybridized carbons (Fsp3) is 0.556. The maximum atomic E-state index is 12.9. The zero-order chi connectivity index (χ0) is 16.6. The van der Waals surface area contributed by atoms with E-state index in [1.807, 2.05) is 16.5 Å². The van der Waals surface area contributed by atoms with E-state index in [1.54, 1.807) is 30.9 Å². The minimum absolute atomic E-state index is 0.104. The molecule has 3 heterocycles. The molecule has 2 aliphatic rings. The summed E-state index contributed by atoms with van der Waals surface area (Å²) < 4.78 is 2.02. The SMILES string of the molecule is Cn1cnnc1C1CN(C(=O)c2ccncc2)CC12CCCCC2. The van der Waals surface area contributed by atoms with E-state index < -0.39 is 0 Å². The second-order valence-electron chi connectivity index (χ2n) is 7.20. The van der Waals surface area contributed by atoms with Gasteiger partial charge in [-0.1, -0.05) is 19.3 Å². The molecular formula is C18H23N5O. The average molecular weight is 325 g/mol. The molecule has 126 valence electrons. The largest absolute Gasteiger partial charge is 0.337 e. The Kier molecular flexibility index (Phi) is 3.82. The van der Waals surface area contributed by atoms with Crippen molar-refractivity contribution in [2.75, 3.05) is 13.1 Å². The Hall–Kier alpha value is -2.24. The van der Waals surface area contributed by atoms with Crippen molar-refractivity contribution in [3.63, 3.8) is 0 Å². The van der Waals surface area contributed by atoms with Gasteiger partial charge in [-0.2, -0.15) is 0 Å². The molecule has 1 amide bonds. The van der Waals surface area contributed by atoms with Crippen molar-refractivity contribution in [2.45, 2.75) is 38.0 Å². The molecule has 6 heteroatoms. The predicted molar refractivity (Wildman–Crippen MR) is 89.4 cm³/mol. The molecule has 0 bridgehead atoms. The molecule has 1 saturated carbocycles. The van der Waals surface area contributed by atoms with Crippen molar-refractivity contribution >= 4 is 5.91 Å². The summed E-state index contributed by atoms with van der Waals surface area (Å²) in [6.07, 6.45) is 11.2. The number of carbonyl (C=O) groups is 1. The molecule has 0 N–H and O–H groups in total. The van der Waals surface area contributed by atoms with Gasteiger partial charge >= 0.3 is 0 Å². The Labute approximate surface area is 141 Å². The lowest BCUT2D eigenvalue weighted by Gasteiger charge is -2.37. The van der Waals surface area contributed by atoms with Gasteiger partial charge in [-0.25, -0.2) is 0 Å². The highest BCUT2D eigenvalue weighted by Crippen LogP contribution is 2.51. The normalized spacial score (nSPS) is 22.9. The lowest BCUT2D eigenvalue weighted by molar-refractivity contribution is 0.0758. The molecule has 2 aromatic rings. The first-order valence-corrected chi connectivity index (χ1v) is 8.73. The fourth-order valence-electron chi connectivity index (χ4n) is 4.53. The summed E-state index contributed by atoms with van der Waals surface area (Å²) in [6.45, 7) is 1.55. The minimum atomic E-state index is 0.104. The predicted octanol–water partition coefficient (Wildman–Crippen LogP) is 2.40. The maximum Gasteiger partial charge on any atom is 0.254 e. The van der Waals surface area contributed by atoms with E-state index in [4.69, 9.17) is 0 Å². The average Bonchev–Trinajstić information content (AvgIpc) is 3.19. The van der Waals surface area contributed by atoms with Crippen LogP contribution in [0, 0.1) is 5.41 Å². The number of nitrogens with zero attached hydrogens (tertiary/aromatic N) is 5. The monoisotopic (exact) mass is 325 g/mol. The highest BCUT2D eigenvalue weighted by molar-refractivity contribution is 5.94. The summed E-state index contributed by atoms with van der Waals surface area (Å²) in [5.41, 5.74) is 0.872. The summed E-state index contributed by atoms with van der Waals surface area (Å²) in [4.78, 5) is 19.0. The number of carbonyl (C=O) groups excluding carboxylic acids is 1. The van der Waals surface area contributed by atoms with Crippen LogP contribution in [0.15, 0.2) is 30.9 Å². The molecule has 4 rings (SSSR count). The second kappa shape index (κ2) is 6.00. The number of likely N-dealkylation sites (tertiary alicyclic amines) is 1. The standard InChI is InChI=1S/C18H23N5O/c1-22-13-20-21-16(22)15-11-23(12-18(15)7-3-2-4-8-18)17(24)14-5-9-19-10-6-14/h5-6,9-10,13,15H,2-4,7-8,11-12H2,1H3. The number of hydrogen-bond acceptors (Lipinski definition) is 4. The molecule has 1 aliphatic carbocycles. The molecule has 0 radical (unpaired) electrons. The highest BCUT2D eigenvalue weighted by atomic mass is 16.2. The number of rotatable bonds is 2. The highest BCUT2D eigenvalue weighted by Gasteiger charge is 2.50. The van der Waals surface area contributed by atoms with Crippen LogP contribution in [0.2, 0.25) is 0 Å². The van der Waals surface area contributed by atoms with Crippen LogP contribution >= 0.6 is 0 Å². The summed E-state index contributed by atoms with van der Waals surface area (Å²) in [7, 11) is 2.00. The Morgan fingerprint density at radius 3 is 2.62 bits per heavy atom. The van der Waals surface area contributed by atoms with Crippen molar-refractivity contribution in [2.24, 2.45) is 12.5 Å². The van der Waals surface area contributed by atoms with Gasteiger partial charge < -0.3 is 9.47 Å². The van der Waals surface area contributed by atoms with Crippen LogP contribution in [0.1, 0.15) is 54.2 Å². The van der Waals surface area contributed by atoms with E-state index in [9.17, 15) is 4.79 Å². The van der Waals surface area contributed by atoms with Gasteiger partial charge in [0.2, 0.25) is 0 Å².